The Labute approximate surface area is 172 Å². The summed E-state index contributed by atoms with van der Waals surface area (Å²) in [6, 6.07) is 14.5. The molecule has 26 heavy (non-hydrogen) atoms. The van der Waals surface area contributed by atoms with Gasteiger partial charge in [0.25, 0.3) is 0 Å². The van der Waals surface area contributed by atoms with Crippen molar-refractivity contribution in [3.8, 4) is 5.75 Å². The lowest BCUT2D eigenvalue weighted by Crippen LogP contribution is -2.43. The molecule has 0 aliphatic heterocycles. The van der Waals surface area contributed by atoms with Gasteiger partial charge in [0.15, 0.2) is 5.96 Å². The first kappa shape index (κ1) is 22.2. The summed E-state index contributed by atoms with van der Waals surface area (Å²) in [6.45, 7) is 5.63. The van der Waals surface area contributed by atoms with Crippen molar-refractivity contribution < 1.29 is 9.13 Å². The summed E-state index contributed by atoms with van der Waals surface area (Å²) in [5.74, 6) is 1.33. The Kier molecular flexibility index (Phi) is 8.84. The van der Waals surface area contributed by atoms with Gasteiger partial charge in [0.05, 0.1) is 7.11 Å². The number of nitrogens with one attached hydrogen (secondary N) is 2. The van der Waals surface area contributed by atoms with Crippen LogP contribution in [0.4, 0.5) is 4.39 Å². The van der Waals surface area contributed by atoms with Crippen molar-refractivity contribution in [2.24, 2.45) is 4.99 Å². The fraction of sp³-hybridized carbons (Fsp3) is 0.350. The number of hydrogen-bond acceptors (Lipinski definition) is 2. The number of rotatable bonds is 6. The zero-order valence-corrected chi connectivity index (χ0v) is 18.0. The Morgan fingerprint density at radius 2 is 1.81 bits per heavy atom. The maximum Gasteiger partial charge on any atom is 0.191 e. The molecular formula is C20H27FIN3O. The highest BCUT2D eigenvalue weighted by Gasteiger charge is 2.21. The molecule has 0 radical (unpaired) electrons. The van der Waals surface area contributed by atoms with Gasteiger partial charge in [-0.05, 0) is 35.4 Å². The van der Waals surface area contributed by atoms with Crippen molar-refractivity contribution in [3.63, 3.8) is 0 Å². The summed E-state index contributed by atoms with van der Waals surface area (Å²) < 4.78 is 18.3. The van der Waals surface area contributed by atoms with Crippen LogP contribution in [-0.4, -0.2) is 26.7 Å². The first-order chi connectivity index (χ1) is 11.9. The number of ether oxygens (including phenoxy) is 1. The molecular weight excluding hydrogens is 444 g/mol. The third kappa shape index (κ3) is 6.48. The van der Waals surface area contributed by atoms with Gasteiger partial charge in [-0.25, -0.2) is 4.39 Å². The minimum atomic E-state index is -0.230. The first-order valence-corrected chi connectivity index (χ1v) is 8.28. The van der Waals surface area contributed by atoms with E-state index >= 15 is 0 Å². The Morgan fingerprint density at radius 3 is 2.42 bits per heavy atom. The zero-order valence-electron chi connectivity index (χ0n) is 15.7. The second-order valence-corrected chi connectivity index (χ2v) is 6.52. The van der Waals surface area contributed by atoms with Gasteiger partial charge in [-0.1, -0.05) is 38.1 Å². The molecule has 0 aliphatic rings. The van der Waals surface area contributed by atoms with Crippen LogP contribution in [0.2, 0.25) is 0 Å². The third-order valence-electron chi connectivity index (χ3n) is 4.15. The Hall–Kier alpha value is -1.83. The van der Waals surface area contributed by atoms with Crippen molar-refractivity contribution in [1.29, 1.82) is 0 Å². The van der Waals surface area contributed by atoms with Crippen LogP contribution in [0.1, 0.15) is 25.0 Å². The largest absolute Gasteiger partial charge is 0.497 e. The lowest BCUT2D eigenvalue weighted by molar-refractivity contribution is 0.411. The molecule has 2 rings (SSSR count). The van der Waals surface area contributed by atoms with Gasteiger partial charge in [-0.15, -0.1) is 24.0 Å². The number of hydrogen-bond donors (Lipinski definition) is 2. The van der Waals surface area contributed by atoms with Crippen molar-refractivity contribution in [2.45, 2.75) is 25.8 Å². The predicted octanol–water partition coefficient (Wildman–Crippen LogP) is 4.10. The molecule has 0 heterocycles. The summed E-state index contributed by atoms with van der Waals surface area (Å²) >= 11 is 0. The fourth-order valence-electron chi connectivity index (χ4n) is 2.46. The molecule has 0 fully saturated rings. The van der Waals surface area contributed by atoms with Crippen molar-refractivity contribution in [3.05, 3.63) is 65.5 Å². The summed E-state index contributed by atoms with van der Waals surface area (Å²) in [5, 5.41) is 6.59. The van der Waals surface area contributed by atoms with Gasteiger partial charge in [-0.3, -0.25) is 4.99 Å². The average Bonchev–Trinajstić information content (AvgIpc) is 2.63. The minimum Gasteiger partial charge on any atom is -0.497 e. The fourth-order valence-corrected chi connectivity index (χ4v) is 2.46. The molecule has 2 aromatic rings. The molecule has 142 valence electrons. The number of methoxy groups -OCH3 is 1. The zero-order chi connectivity index (χ0) is 18.3. The van der Waals surface area contributed by atoms with E-state index in [0.717, 1.165) is 11.3 Å². The number of halogens is 2. The van der Waals surface area contributed by atoms with Crippen LogP contribution in [0, 0.1) is 5.82 Å². The van der Waals surface area contributed by atoms with Crippen LogP contribution >= 0.6 is 24.0 Å². The summed E-state index contributed by atoms with van der Waals surface area (Å²) in [5.41, 5.74) is 2.09. The third-order valence-corrected chi connectivity index (χ3v) is 4.15. The number of guanidine groups is 1. The molecule has 0 aromatic heterocycles. The van der Waals surface area contributed by atoms with E-state index in [1.807, 2.05) is 12.1 Å². The lowest BCUT2D eigenvalue weighted by Gasteiger charge is -2.27. The molecule has 0 aliphatic carbocycles. The van der Waals surface area contributed by atoms with E-state index in [1.54, 1.807) is 26.3 Å². The smallest absolute Gasteiger partial charge is 0.191 e. The molecule has 0 atom stereocenters. The lowest BCUT2D eigenvalue weighted by atomic mass is 9.84. The second-order valence-electron chi connectivity index (χ2n) is 6.52. The van der Waals surface area contributed by atoms with E-state index in [-0.39, 0.29) is 35.2 Å². The van der Waals surface area contributed by atoms with Crippen molar-refractivity contribution in [1.82, 2.24) is 10.6 Å². The molecule has 2 aromatic carbocycles. The Bertz CT molecular complexity index is 717. The quantitative estimate of drug-likeness (QED) is 0.379. The molecule has 0 unspecified atom stereocenters. The molecule has 0 saturated heterocycles. The number of benzene rings is 2. The maximum atomic E-state index is 13.0. The van der Waals surface area contributed by atoms with E-state index in [1.165, 1.54) is 17.7 Å². The van der Waals surface area contributed by atoms with E-state index in [4.69, 9.17) is 4.74 Å². The summed E-state index contributed by atoms with van der Waals surface area (Å²) in [4.78, 5) is 4.25. The normalized spacial score (nSPS) is 11.5. The van der Waals surface area contributed by atoms with E-state index in [2.05, 4.69) is 41.6 Å². The van der Waals surface area contributed by atoms with Crippen LogP contribution < -0.4 is 15.4 Å². The molecule has 0 amide bonds. The van der Waals surface area contributed by atoms with Gasteiger partial charge in [0.1, 0.15) is 11.6 Å². The van der Waals surface area contributed by atoms with Crippen molar-refractivity contribution in [2.75, 3.05) is 20.7 Å². The van der Waals surface area contributed by atoms with Crippen LogP contribution in [-0.2, 0) is 12.0 Å². The highest BCUT2D eigenvalue weighted by atomic mass is 127. The van der Waals surface area contributed by atoms with Gasteiger partial charge < -0.3 is 15.4 Å². The number of aliphatic imine (C=N–C) groups is 1. The van der Waals surface area contributed by atoms with Gasteiger partial charge >= 0.3 is 0 Å². The van der Waals surface area contributed by atoms with Gasteiger partial charge in [0.2, 0.25) is 0 Å². The topological polar surface area (TPSA) is 45.7 Å². The summed E-state index contributed by atoms with van der Waals surface area (Å²) in [7, 11) is 3.41. The molecule has 6 heteroatoms. The molecule has 0 saturated carbocycles. The second kappa shape index (κ2) is 10.4. The molecule has 0 spiro atoms. The van der Waals surface area contributed by atoms with Crippen LogP contribution in [0.25, 0.3) is 0 Å². The van der Waals surface area contributed by atoms with Crippen LogP contribution in [0.3, 0.4) is 0 Å². The average molecular weight is 471 g/mol. The van der Waals surface area contributed by atoms with Gasteiger partial charge in [-0.2, -0.15) is 0 Å². The van der Waals surface area contributed by atoms with Crippen LogP contribution in [0.15, 0.2) is 53.5 Å². The highest BCUT2D eigenvalue weighted by molar-refractivity contribution is 14.0. The Morgan fingerprint density at radius 1 is 1.12 bits per heavy atom. The monoisotopic (exact) mass is 471 g/mol. The van der Waals surface area contributed by atoms with E-state index in [9.17, 15) is 4.39 Å². The molecule has 4 nitrogen and oxygen atoms in total. The highest BCUT2D eigenvalue weighted by Crippen LogP contribution is 2.25. The molecule has 0 bridgehead atoms. The Balaban J connectivity index is 0.00000338. The standard InChI is InChI=1S/C20H26FN3O.HI/c1-20(2,16-6-5-7-18(12-16)25-4)14-24-19(22-3)23-13-15-8-10-17(21)11-9-15;/h5-12H,13-14H2,1-4H3,(H2,22,23,24);1H. The first-order valence-electron chi connectivity index (χ1n) is 8.28. The van der Waals surface area contributed by atoms with E-state index in [0.29, 0.717) is 19.0 Å². The maximum absolute atomic E-state index is 13.0. The van der Waals surface area contributed by atoms with Crippen molar-refractivity contribution >= 4 is 29.9 Å². The van der Waals surface area contributed by atoms with E-state index < -0.39 is 0 Å². The summed E-state index contributed by atoms with van der Waals surface area (Å²) in [6.07, 6.45) is 0. The molecule has 2 N–H and O–H groups in total. The van der Waals surface area contributed by atoms with Gasteiger partial charge in [0, 0.05) is 25.6 Å². The van der Waals surface area contributed by atoms with Crippen LogP contribution in [0.5, 0.6) is 5.75 Å². The minimum absolute atomic E-state index is 0. The predicted molar refractivity (Wildman–Crippen MR) is 116 cm³/mol. The SMILES string of the molecule is CN=C(NCc1ccc(F)cc1)NCC(C)(C)c1cccc(OC)c1.I. The number of nitrogens with zero attached hydrogens (tertiary/aromatic N) is 1.